The largest absolute Gasteiger partial charge is 0.496 e. The van der Waals surface area contributed by atoms with Crippen LogP contribution in [0.25, 0.3) is 6.08 Å². The lowest BCUT2D eigenvalue weighted by atomic mass is 10.1. The van der Waals surface area contributed by atoms with E-state index in [9.17, 15) is 4.79 Å². The Morgan fingerprint density at radius 1 is 1.56 bits per heavy atom. The topological polar surface area (TPSA) is 29.5 Å². The summed E-state index contributed by atoms with van der Waals surface area (Å²) in [6.45, 7) is 6.70. The zero-order valence-electron chi connectivity index (χ0n) is 11.0. The number of hydrogen-bond acceptors (Lipinski definition) is 2. The summed E-state index contributed by atoms with van der Waals surface area (Å²) < 4.78 is 5.22. The van der Waals surface area contributed by atoms with E-state index in [1.54, 1.807) is 13.2 Å². The molecule has 96 valence electrons. The van der Waals surface area contributed by atoms with Gasteiger partial charge >= 0.3 is 0 Å². The number of benzene rings is 1. The molecule has 18 heavy (non-hydrogen) atoms. The highest BCUT2D eigenvalue weighted by Gasteiger charge is 2.26. The molecule has 1 aliphatic heterocycles. The van der Waals surface area contributed by atoms with Crippen LogP contribution in [0.15, 0.2) is 24.8 Å². The van der Waals surface area contributed by atoms with Crippen LogP contribution in [0.4, 0.5) is 0 Å². The van der Waals surface area contributed by atoms with Gasteiger partial charge in [0, 0.05) is 23.7 Å². The Morgan fingerprint density at radius 2 is 2.33 bits per heavy atom. The van der Waals surface area contributed by atoms with Gasteiger partial charge in [0.25, 0.3) is 5.91 Å². The number of likely N-dealkylation sites (tertiary alicyclic amines) is 1. The number of ether oxygens (including phenoxy) is 1. The molecule has 2 rings (SSSR count). The van der Waals surface area contributed by atoms with E-state index < -0.39 is 0 Å². The van der Waals surface area contributed by atoms with Crippen molar-refractivity contribution in [3.63, 3.8) is 0 Å². The van der Waals surface area contributed by atoms with Crippen LogP contribution in [-0.2, 0) is 0 Å². The average molecular weight is 245 g/mol. The first-order valence-electron chi connectivity index (χ1n) is 6.29. The second-order valence-electron chi connectivity index (χ2n) is 4.65. The maximum atomic E-state index is 12.4. The predicted molar refractivity (Wildman–Crippen MR) is 72.8 cm³/mol. The number of rotatable bonds is 3. The molecule has 0 saturated carbocycles. The van der Waals surface area contributed by atoms with Crippen molar-refractivity contribution in [3.8, 4) is 5.75 Å². The molecule has 0 aromatic heterocycles. The third kappa shape index (κ3) is 2.26. The van der Waals surface area contributed by atoms with Crippen molar-refractivity contribution < 1.29 is 9.53 Å². The Balaban J connectivity index is 2.28. The maximum Gasteiger partial charge on any atom is 0.254 e. The van der Waals surface area contributed by atoms with Gasteiger partial charge in [0.15, 0.2) is 0 Å². The highest BCUT2D eigenvalue weighted by Crippen LogP contribution is 2.24. The number of hydrogen-bond donors (Lipinski definition) is 0. The number of carbonyl (C=O) groups is 1. The van der Waals surface area contributed by atoms with Crippen molar-refractivity contribution in [2.24, 2.45) is 0 Å². The summed E-state index contributed by atoms with van der Waals surface area (Å²) in [7, 11) is 1.62. The van der Waals surface area contributed by atoms with Gasteiger partial charge in [-0.2, -0.15) is 0 Å². The van der Waals surface area contributed by atoms with Gasteiger partial charge in [-0.3, -0.25) is 4.79 Å². The van der Waals surface area contributed by atoms with Crippen LogP contribution in [0.2, 0.25) is 0 Å². The lowest BCUT2D eigenvalue weighted by molar-refractivity contribution is 0.0747. The highest BCUT2D eigenvalue weighted by atomic mass is 16.5. The molecular formula is C15H19NO2. The molecule has 3 heteroatoms. The third-order valence-corrected chi connectivity index (χ3v) is 3.51. The molecule has 1 unspecified atom stereocenters. The van der Waals surface area contributed by atoms with Gasteiger partial charge in [0.05, 0.1) is 7.11 Å². The smallest absolute Gasteiger partial charge is 0.254 e. The van der Waals surface area contributed by atoms with Crippen LogP contribution in [0.5, 0.6) is 5.75 Å². The van der Waals surface area contributed by atoms with E-state index in [-0.39, 0.29) is 5.91 Å². The quantitative estimate of drug-likeness (QED) is 0.819. The summed E-state index contributed by atoms with van der Waals surface area (Å²) in [4.78, 5) is 14.3. The zero-order valence-corrected chi connectivity index (χ0v) is 11.0. The molecule has 1 saturated heterocycles. The zero-order chi connectivity index (χ0) is 13.1. The van der Waals surface area contributed by atoms with E-state index in [1.165, 1.54) is 0 Å². The maximum absolute atomic E-state index is 12.4. The minimum absolute atomic E-state index is 0.103. The van der Waals surface area contributed by atoms with Gasteiger partial charge in [-0.15, -0.1) is 0 Å². The fourth-order valence-electron chi connectivity index (χ4n) is 2.43. The van der Waals surface area contributed by atoms with Gasteiger partial charge in [-0.05, 0) is 38.0 Å². The number of amides is 1. The molecule has 1 atom stereocenters. The first-order chi connectivity index (χ1) is 8.67. The van der Waals surface area contributed by atoms with E-state index in [1.807, 2.05) is 23.1 Å². The molecule has 1 fully saturated rings. The number of methoxy groups -OCH3 is 1. The van der Waals surface area contributed by atoms with Crippen molar-refractivity contribution >= 4 is 12.0 Å². The summed E-state index contributed by atoms with van der Waals surface area (Å²) in [6, 6.07) is 5.83. The highest BCUT2D eigenvalue weighted by molar-refractivity contribution is 5.95. The van der Waals surface area contributed by atoms with Crippen LogP contribution >= 0.6 is 0 Å². The van der Waals surface area contributed by atoms with Gasteiger partial charge < -0.3 is 9.64 Å². The molecule has 1 amide bonds. The Labute approximate surface area is 108 Å². The Morgan fingerprint density at radius 3 is 2.89 bits per heavy atom. The molecule has 0 N–H and O–H groups in total. The summed E-state index contributed by atoms with van der Waals surface area (Å²) in [6.07, 6.45) is 3.90. The molecule has 0 radical (unpaired) electrons. The molecule has 1 heterocycles. The normalized spacial score (nSPS) is 18.8. The van der Waals surface area contributed by atoms with Crippen molar-refractivity contribution in [2.75, 3.05) is 13.7 Å². The molecule has 0 aliphatic carbocycles. The first-order valence-corrected chi connectivity index (χ1v) is 6.29. The predicted octanol–water partition coefficient (Wildman–Crippen LogP) is 2.96. The van der Waals surface area contributed by atoms with Crippen LogP contribution < -0.4 is 4.74 Å². The molecule has 1 aromatic carbocycles. The van der Waals surface area contributed by atoms with Crippen LogP contribution in [0.3, 0.4) is 0 Å². The fraction of sp³-hybridized carbons (Fsp3) is 0.400. The minimum atomic E-state index is 0.103. The molecule has 1 aliphatic rings. The second-order valence-corrected chi connectivity index (χ2v) is 4.65. The van der Waals surface area contributed by atoms with Crippen LogP contribution in [-0.4, -0.2) is 30.5 Å². The van der Waals surface area contributed by atoms with Crippen molar-refractivity contribution in [3.05, 3.63) is 35.9 Å². The molecule has 1 aromatic rings. The Hall–Kier alpha value is -1.77. The summed E-state index contributed by atoms with van der Waals surface area (Å²) >= 11 is 0. The van der Waals surface area contributed by atoms with E-state index in [2.05, 4.69) is 13.5 Å². The standard InChI is InChI=1S/C15H19NO2/c1-4-12-10-13(7-8-14(12)18-3)15(17)16-9-5-6-11(16)2/h4,7-8,10-11H,1,5-6,9H2,2-3H3. The van der Waals surface area contributed by atoms with Crippen LogP contribution in [0.1, 0.15) is 35.7 Å². The van der Waals surface area contributed by atoms with E-state index in [0.717, 1.165) is 30.7 Å². The van der Waals surface area contributed by atoms with Crippen molar-refractivity contribution in [1.82, 2.24) is 4.90 Å². The molecule has 0 spiro atoms. The average Bonchev–Trinajstić information content (AvgIpc) is 2.83. The summed E-state index contributed by atoms with van der Waals surface area (Å²) in [5.74, 6) is 0.849. The minimum Gasteiger partial charge on any atom is -0.496 e. The van der Waals surface area contributed by atoms with Crippen LogP contribution in [0, 0.1) is 0 Å². The van der Waals surface area contributed by atoms with Gasteiger partial charge in [0.1, 0.15) is 5.75 Å². The molecule has 3 nitrogen and oxygen atoms in total. The second kappa shape index (κ2) is 5.25. The molecule has 0 bridgehead atoms. The van der Waals surface area contributed by atoms with E-state index >= 15 is 0 Å². The van der Waals surface area contributed by atoms with Crippen molar-refractivity contribution in [2.45, 2.75) is 25.8 Å². The lowest BCUT2D eigenvalue weighted by Gasteiger charge is -2.21. The molecular weight excluding hydrogens is 226 g/mol. The Bertz CT molecular complexity index is 468. The lowest BCUT2D eigenvalue weighted by Crippen LogP contribution is -2.33. The Kier molecular flexibility index (Phi) is 3.70. The summed E-state index contributed by atoms with van der Waals surface area (Å²) in [5.41, 5.74) is 1.56. The number of carbonyl (C=O) groups excluding carboxylic acids is 1. The third-order valence-electron chi connectivity index (χ3n) is 3.51. The van der Waals surface area contributed by atoms with E-state index in [4.69, 9.17) is 4.74 Å². The SMILES string of the molecule is C=Cc1cc(C(=O)N2CCCC2C)ccc1OC. The number of nitrogens with zero attached hydrogens (tertiary/aromatic N) is 1. The van der Waals surface area contributed by atoms with Crippen molar-refractivity contribution in [1.29, 1.82) is 0 Å². The van der Waals surface area contributed by atoms with E-state index in [0.29, 0.717) is 11.6 Å². The van der Waals surface area contributed by atoms with Gasteiger partial charge in [0.2, 0.25) is 0 Å². The summed E-state index contributed by atoms with van der Waals surface area (Å²) in [5, 5.41) is 0. The monoisotopic (exact) mass is 245 g/mol. The van der Waals surface area contributed by atoms with Gasteiger partial charge in [-0.1, -0.05) is 12.7 Å². The fourth-order valence-corrected chi connectivity index (χ4v) is 2.43. The first kappa shape index (κ1) is 12.7. The van der Waals surface area contributed by atoms with Gasteiger partial charge in [-0.25, -0.2) is 0 Å².